The van der Waals surface area contributed by atoms with Crippen molar-refractivity contribution >= 4 is 45.9 Å². The van der Waals surface area contributed by atoms with Crippen LogP contribution in [0.15, 0.2) is 47.4 Å². The van der Waals surface area contributed by atoms with E-state index in [1.54, 1.807) is 22.6 Å². The first-order chi connectivity index (χ1) is 21.1. The number of pyridine rings is 1. The number of benzene rings is 2. The second-order valence-corrected chi connectivity index (χ2v) is 12.3. The predicted octanol–water partition coefficient (Wildman–Crippen LogP) is 5.55. The fourth-order valence-electron chi connectivity index (χ4n) is 6.46. The molecule has 2 fully saturated rings. The zero-order valence-electron chi connectivity index (χ0n) is 25.5. The van der Waals surface area contributed by atoms with Gasteiger partial charge in [0.1, 0.15) is 11.5 Å². The largest absolute Gasteiger partial charge is 0.369 e. The molecule has 4 heterocycles. The van der Waals surface area contributed by atoms with E-state index in [-0.39, 0.29) is 22.5 Å². The molecule has 1 N–H and O–H groups in total. The molecule has 0 saturated carbocycles. The molecule has 4 aromatic rings. The number of hydrogen-bond acceptors (Lipinski definition) is 7. The van der Waals surface area contributed by atoms with Crippen molar-refractivity contribution in [2.24, 2.45) is 0 Å². The van der Waals surface area contributed by atoms with E-state index in [1.165, 1.54) is 23.9 Å². The molecule has 0 spiro atoms. The van der Waals surface area contributed by atoms with Crippen LogP contribution in [0.4, 0.5) is 21.7 Å². The van der Waals surface area contributed by atoms with Crippen molar-refractivity contribution in [3.63, 3.8) is 0 Å². The molecule has 0 aliphatic carbocycles. The van der Waals surface area contributed by atoms with Gasteiger partial charge in [0, 0.05) is 74.7 Å². The van der Waals surface area contributed by atoms with Crippen LogP contribution in [-0.2, 0) is 4.79 Å². The SMILES string of the molecule is CC(=O)N1CCCC(n2c(=O)c(-c3ccc(F)cc3Cl)c(C)c3cnc(Nc4ccc(N5CCN(C)CC5)c(C)c4)nc32)C1. The van der Waals surface area contributed by atoms with Crippen LogP contribution in [0.2, 0.25) is 5.02 Å². The van der Waals surface area contributed by atoms with E-state index in [1.807, 2.05) is 13.0 Å². The molecular formula is C33H37ClFN7O2. The first kappa shape index (κ1) is 30.0. The normalized spacial score (nSPS) is 17.7. The Bertz CT molecular complexity index is 1800. The van der Waals surface area contributed by atoms with Crippen LogP contribution in [0.3, 0.4) is 0 Å². The molecule has 9 nitrogen and oxygen atoms in total. The smallest absolute Gasteiger partial charge is 0.260 e. The summed E-state index contributed by atoms with van der Waals surface area (Å²) in [6, 6.07) is 9.99. The second kappa shape index (κ2) is 12.2. The highest BCUT2D eigenvalue weighted by Gasteiger charge is 2.28. The minimum Gasteiger partial charge on any atom is -0.369 e. The Kier molecular flexibility index (Phi) is 8.30. The van der Waals surface area contributed by atoms with Crippen molar-refractivity contribution < 1.29 is 9.18 Å². The number of piperazine rings is 1. The third kappa shape index (κ3) is 5.76. The molecule has 0 bridgehead atoms. The van der Waals surface area contributed by atoms with Gasteiger partial charge in [-0.2, -0.15) is 4.98 Å². The molecule has 230 valence electrons. The Hall–Kier alpha value is -4.02. The standard InChI is InChI=1S/C33H37ClFN7O2/c1-20-16-24(8-10-29(20)40-14-12-39(4)13-15-40)37-33-36-18-27-21(2)30(26-9-7-23(35)17-28(26)34)32(44)42(31(27)38-33)25-6-5-11-41(19-25)22(3)43/h7-10,16-18,25H,5-6,11-15,19H2,1-4H3,(H,36,37,38). The topological polar surface area (TPSA) is 86.6 Å². The van der Waals surface area contributed by atoms with Gasteiger partial charge in [0.05, 0.1) is 16.6 Å². The Morgan fingerprint density at radius 1 is 1.07 bits per heavy atom. The highest BCUT2D eigenvalue weighted by Crippen LogP contribution is 2.34. The van der Waals surface area contributed by atoms with Gasteiger partial charge in [0.25, 0.3) is 5.56 Å². The Morgan fingerprint density at radius 3 is 2.55 bits per heavy atom. The van der Waals surface area contributed by atoms with E-state index >= 15 is 0 Å². The van der Waals surface area contributed by atoms with Crippen LogP contribution in [-0.4, -0.2) is 76.6 Å². The molecule has 11 heteroatoms. The maximum atomic E-state index is 14.4. The van der Waals surface area contributed by atoms with Crippen molar-refractivity contribution in [2.45, 2.75) is 39.7 Å². The number of hydrogen-bond donors (Lipinski definition) is 1. The van der Waals surface area contributed by atoms with Crippen molar-refractivity contribution in [2.75, 3.05) is 56.5 Å². The van der Waals surface area contributed by atoms with E-state index in [9.17, 15) is 14.0 Å². The quantitative estimate of drug-likeness (QED) is 0.314. The number of halogens is 2. The first-order valence-corrected chi connectivity index (χ1v) is 15.4. The number of anilines is 3. The number of amides is 1. The zero-order chi connectivity index (χ0) is 31.1. The average Bonchev–Trinajstić information content (AvgIpc) is 2.99. The minimum absolute atomic E-state index is 0.0339. The molecule has 1 atom stereocenters. The number of carbonyl (C=O) groups excluding carboxylic acids is 1. The fourth-order valence-corrected chi connectivity index (χ4v) is 6.72. The highest BCUT2D eigenvalue weighted by atomic mass is 35.5. The first-order valence-electron chi connectivity index (χ1n) is 15.0. The van der Waals surface area contributed by atoms with Crippen LogP contribution in [0, 0.1) is 19.7 Å². The average molecular weight is 618 g/mol. The van der Waals surface area contributed by atoms with Crippen LogP contribution in [0.25, 0.3) is 22.2 Å². The maximum Gasteiger partial charge on any atom is 0.260 e. The molecule has 1 unspecified atom stereocenters. The van der Waals surface area contributed by atoms with Crippen LogP contribution >= 0.6 is 11.6 Å². The molecule has 2 saturated heterocycles. The van der Waals surface area contributed by atoms with Gasteiger partial charge in [0.2, 0.25) is 11.9 Å². The van der Waals surface area contributed by atoms with Crippen LogP contribution in [0.5, 0.6) is 0 Å². The number of likely N-dealkylation sites (N-methyl/N-ethyl adjacent to an activating group) is 1. The molecule has 2 aromatic carbocycles. The molecule has 44 heavy (non-hydrogen) atoms. The molecule has 6 rings (SSSR count). The van der Waals surface area contributed by atoms with Crippen molar-refractivity contribution in [1.29, 1.82) is 0 Å². The molecular weight excluding hydrogens is 581 g/mol. The van der Waals surface area contributed by atoms with Crippen molar-refractivity contribution in [1.82, 2.24) is 24.3 Å². The number of likely N-dealkylation sites (tertiary alicyclic amines) is 1. The van der Waals surface area contributed by atoms with Gasteiger partial charge in [-0.05, 0) is 81.3 Å². The molecule has 0 radical (unpaired) electrons. The summed E-state index contributed by atoms with van der Waals surface area (Å²) in [5, 5.41) is 4.18. The lowest BCUT2D eigenvalue weighted by Crippen LogP contribution is -2.44. The number of carbonyl (C=O) groups is 1. The lowest BCUT2D eigenvalue weighted by atomic mass is 9.98. The summed E-state index contributed by atoms with van der Waals surface area (Å²) in [6.45, 7) is 10.6. The lowest BCUT2D eigenvalue weighted by molar-refractivity contribution is -0.130. The number of nitrogens with zero attached hydrogens (tertiary/aromatic N) is 6. The Balaban J connectivity index is 1.43. The minimum atomic E-state index is -0.479. The van der Waals surface area contributed by atoms with Gasteiger partial charge in [0.15, 0.2) is 0 Å². The van der Waals surface area contributed by atoms with Gasteiger partial charge in [-0.3, -0.25) is 14.2 Å². The summed E-state index contributed by atoms with van der Waals surface area (Å²) >= 11 is 6.47. The Labute approximate surface area is 261 Å². The second-order valence-electron chi connectivity index (χ2n) is 11.9. The third-order valence-electron chi connectivity index (χ3n) is 8.91. The van der Waals surface area contributed by atoms with Gasteiger partial charge < -0.3 is 20.0 Å². The zero-order valence-corrected chi connectivity index (χ0v) is 26.3. The third-order valence-corrected chi connectivity index (χ3v) is 9.23. The number of piperidine rings is 1. The van der Waals surface area contributed by atoms with E-state index in [0.29, 0.717) is 53.2 Å². The number of aromatic nitrogens is 3. The van der Waals surface area contributed by atoms with Gasteiger partial charge >= 0.3 is 0 Å². The molecule has 2 aliphatic heterocycles. The predicted molar refractivity (Wildman–Crippen MR) is 174 cm³/mol. The monoisotopic (exact) mass is 617 g/mol. The van der Waals surface area contributed by atoms with Gasteiger partial charge in [-0.15, -0.1) is 0 Å². The number of aryl methyl sites for hydroxylation is 2. The van der Waals surface area contributed by atoms with Crippen molar-refractivity contribution in [3.05, 3.63) is 74.9 Å². The summed E-state index contributed by atoms with van der Waals surface area (Å²) in [6.07, 6.45) is 3.18. The maximum absolute atomic E-state index is 14.4. The number of nitrogens with one attached hydrogen (secondary N) is 1. The highest BCUT2D eigenvalue weighted by molar-refractivity contribution is 6.33. The lowest BCUT2D eigenvalue weighted by Gasteiger charge is -2.35. The van der Waals surface area contributed by atoms with E-state index < -0.39 is 5.82 Å². The molecule has 1 amide bonds. The summed E-state index contributed by atoms with van der Waals surface area (Å²) < 4.78 is 15.6. The van der Waals surface area contributed by atoms with E-state index in [2.05, 4.69) is 46.2 Å². The fraction of sp³-hybridized carbons (Fsp3) is 0.394. The van der Waals surface area contributed by atoms with E-state index in [4.69, 9.17) is 16.6 Å². The van der Waals surface area contributed by atoms with Crippen molar-refractivity contribution in [3.8, 4) is 11.1 Å². The van der Waals surface area contributed by atoms with Gasteiger partial charge in [-0.25, -0.2) is 9.37 Å². The summed E-state index contributed by atoms with van der Waals surface area (Å²) in [5.74, 6) is -0.148. The summed E-state index contributed by atoms with van der Waals surface area (Å²) in [4.78, 5) is 42.7. The number of rotatable bonds is 5. The Morgan fingerprint density at radius 2 is 1.84 bits per heavy atom. The summed E-state index contributed by atoms with van der Waals surface area (Å²) in [7, 11) is 2.15. The van der Waals surface area contributed by atoms with Crippen LogP contribution < -0.4 is 15.8 Å². The number of fused-ring (bicyclic) bond motifs is 1. The van der Waals surface area contributed by atoms with Crippen LogP contribution in [0.1, 0.15) is 36.9 Å². The molecule has 2 aromatic heterocycles. The molecule has 2 aliphatic rings. The van der Waals surface area contributed by atoms with E-state index in [0.717, 1.165) is 43.9 Å². The summed E-state index contributed by atoms with van der Waals surface area (Å²) in [5.41, 5.74) is 4.90. The van der Waals surface area contributed by atoms with Gasteiger partial charge in [-0.1, -0.05) is 11.6 Å².